The molecule has 1 unspecified atom stereocenters. The number of rotatable bonds is 9. The molecule has 0 spiro atoms. The summed E-state index contributed by atoms with van der Waals surface area (Å²) in [6.45, 7) is 6.40. The van der Waals surface area contributed by atoms with Gasteiger partial charge in [0.25, 0.3) is 0 Å². The second-order valence-electron chi connectivity index (χ2n) is 9.06. The summed E-state index contributed by atoms with van der Waals surface area (Å²) in [4.78, 5) is 28.6. The van der Waals surface area contributed by atoms with Crippen LogP contribution in [0.25, 0.3) is 0 Å². The monoisotopic (exact) mass is 500 g/mol. The summed E-state index contributed by atoms with van der Waals surface area (Å²) in [5.74, 6) is 0.238. The first-order valence-electron chi connectivity index (χ1n) is 11.8. The molecule has 0 aliphatic heterocycles. The quantitative estimate of drug-likeness (QED) is 0.523. The Hall–Kier alpha value is -2.10. The molecule has 5 heteroatoms. The van der Waals surface area contributed by atoms with Gasteiger partial charge in [0.2, 0.25) is 0 Å². The van der Waals surface area contributed by atoms with Gasteiger partial charge in [-0.15, -0.1) is 0 Å². The Bertz CT molecular complexity index is 850. The van der Waals surface area contributed by atoms with Gasteiger partial charge in [-0.1, -0.05) is 0 Å². The molecule has 1 saturated carbocycles. The van der Waals surface area contributed by atoms with E-state index in [1.54, 1.807) is 6.92 Å². The fourth-order valence-corrected chi connectivity index (χ4v) is 7.14. The molecule has 3 rings (SSSR count). The van der Waals surface area contributed by atoms with Crippen molar-refractivity contribution in [2.24, 2.45) is 5.92 Å². The molecule has 2 atom stereocenters. The van der Waals surface area contributed by atoms with E-state index in [1.807, 2.05) is 41.3 Å². The van der Waals surface area contributed by atoms with Crippen molar-refractivity contribution in [3.8, 4) is 0 Å². The molecular formula is C27H36N2O2Se. The summed E-state index contributed by atoms with van der Waals surface area (Å²) < 4.78 is 1.26. The Morgan fingerprint density at radius 1 is 0.969 bits per heavy atom. The molecular weight excluding hydrogens is 463 g/mol. The van der Waals surface area contributed by atoms with E-state index in [1.165, 1.54) is 10.9 Å². The third kappa shape index (κ3) is 6.95. The van der Waals surface area contributed by atoms with Gasteiger partial charge in [0.15, 0.2) is 0 Å². The van der Waals surface area contributed by atoms with E-state index in [-0.39, 0.29) is 43.5 Å². The number of hydrogen-bond acceptors (Lipinski definition) is 2. The fourth-order valence-electron chi connectivity index (χ4n) is 4.41. The summed E-state index contributed by atoms with van der Waals surface area (Å²) in [6.07, 6.45) is 5.64. The van der Waals surface area contributed by atoms with Crippen molar-refractivity contribution < 1.29 is 9.59 Å². The Morgan fingerprint density at radius 3 is 2.12 bits per heavy atom. The summed E-state index contributed by atoms with van der Waals surface area (Å²) in [5, 5.41) is 3.34. The number of nitrogens with zero attached hydrogens (tertiary/aromatic N) is 1. The molecule has 0 radical (unpaired) electrons. The molecule has 2 aromatic carbocycles. The van der Waals surface area contributed by atoms with Crippen LogP contribution in [0.5, 0.6) is 0 Å². The Labute approximate surface area is 199 Å². The van der Waals surface area contributed by atoms with Crippen LogP contribution < -0.4 is 9.78 Å². The number of amides is 2. The van der Waals surface area contributed by atoms with Gasteiger partial charge in [-0.05, 0) is 0 Å². The van der Waals surface area contributed by atoms with Crippen LogP contribution in [0.2, 0.25) is 4.82 Å². The number of nitrogens with one attached hydrogen (secondary N) is 1. The van der Waals surface area contributed by atoms with Gasteiger partial charge < -0.3 is 0 Å². The third-order valence-corrected chi connectivity index (χ3v) is 9.54. The molecule has 1 fully saturated rings. The summed E-state index contributed by atoms with van der Waals surface area (Å²) in [6, 6.07) is 20.2. The molecule has 172 valence electrons. The predicted octanol–water partition coefficient (Wildman–Crippen LogP) is 4.33. The van der Waals surface area contributed by atoms with Gasteiger partial charge in [-0.2, -0.15) is 0 Å². The van der Waals surface area contributed by atoms with Gasteiger partial charge in [-0.25, -0.2) is 0 Å². The first-order valence-corrected chi connectivity index (χ1v) is 13.6. The van der Waals surface area contributed by atoms with Crippen LogP contribution in [-0.4, -0.2) is 43.8 Å². The summed E-state index contributed by atoms with van der Waals surface area (Å²) in [7, 11) is 0. The van der Waals surface area contributed by atoms with Gasteiger partial charge >= 0.3 is 200 Å². The Kier molecular flexibility index (Phi) is 9.37. The summed E-state index contributed by atoms with van der Waals surface area (Å²) in [5.41, 5.74) is 1.05. The van der Waals surface area contributed by atoms with Crippen molar-refractivity contribution >= 4 is 31.2 Å². The topological polar surface area (TPSA) is 49.4 Å². The zero-order valence-electron chi connectivity index (χ0n) is 19.5. The maximum atomic E-state index is 13.8. The predicted molar refractivity (Wildman–Crippen MR) is 132 cm³/mol. The molecule has 0 aromatic heterocycles. The van der Waals surface area contributed by atoms with Crippen molar-refractivity contribution in [3.05, 3.63) is 66.2 Å². The van der Waals surface area contributed by atoms with E-state index in [4.69, 9.17) is 0 Å². The van der Waals surface area contributed by atoms with Gasteiger partial charge in [0.1, 0.15) is 0 Å². The fraction of sp³-hybridized carbons (Fsp3) is 0.481. The molecule has 0 bridgehead atoms. The number of hydrogen-bond donors (Lipinski definition) is 1. The molecule has 1 aliphatic carbocycles. The number of carbonyl (C=O) groups is 2. The molecule has 1 aliphatic rings. The molecule has 2 amide bonds. The molecule has 2 aromatic rings. The molecule has 0 heterocycles. The van der Waals surface area contributed by atoms with Crippen molar-refractivity contribution in [2.45, 2.75) is 76.3 Å². The average molecular weight is 500 g/mol. The van der Waals surface area contributed by atoms with Crippen LogP contribution >= 0.6 is 0 Å². The standard InChI is InChI=1S/C27H36N2O2Se/c1-20(2)26(32-24-17-11-6-12-18-24)25(27(31)28-23-15-9-5-10-16-23)29(21(3)30)19-22-13-7-4-8-14-22/h4,6-8,11-14,17-18,20,23,25-26H,5,9-10,15-16,19H2,1-3H3,(H,28,31)/t25?,26-/m0/s1. The minimum atomic E-state index is -0.477. The van der Waals surface area contributed by atoms with Gasteiger partial charge in [0, 0.05) is 0 Å². The van der Waals surface area contributed by atoms with E-state index in [0.29, 0.717) is 6.54 Å². The van der Waals surface area contributed by atoms with Crippen molar-refractivity contribution in [3.63, 3.8) is 0 Å². The zero-order valence-corrected chi connectivity index (χ0v) is 21.2. The second-order valence-corrected chi connectivity index (χ2v) is 11.7. The van der Waals surface area contributed by atoms with Crippen LogP contribution in [0.15, 0.2) is 60.7 Å². The first-order chi connectivity index (χ1) is 15.5. The van der Waals surface area contributed by atoms with Crippen molar-refractivity contribution in [2.75, 3.05) is 0 Å². The average Bonchev–Trinajstić information content (AvgIpc) is 2.79. The van der Waals surface area contributed by atoms with Crippen LogP contribution in [0, 0.1) is 5.92 Å². The first kappa shape index (κ1) is 24.5. The van der Waals surface area contributed by atoms with Crippen molar-refractivity contribution in [1.29, 1.82) is 0 Å². The molecule has 32 heavy (non-hydrogen) atoms. The maximum absolute atomic E-state index is 13.8. The normalized spacial score (nSPS) is 16.4. The van der Waals surface area contributed by atoms with Gasteiger partial charge in [-0.3, -0.25) is 0 Å². The van der Waals surface area contributed by atoms with Gasteiger partial charge in [0.05, 0.1) is 0 Å². The van der Waals surface area contributed by atoms with E-state index in [0.717, 1.165) is 31.2 Å². The molecule has 4 nitrogen and oxygen atoms in total. The number of benzene rings is 2. The van der Waals surface area contributed by atoms with E-state index >= 15 is 0 Å². The minimum absolute atomic E-state index is 0.0135. The SMILES string of the molecule is CC(=O)N(Cc1ccccc1)C(C(=O)NC1CCCCC1)[C@@H]([Se]c1ccccc1)C(C)C. The van der Waals surface area contributed by atoms with E-state index in [2.05, 4.69) is 43.4 Å². The molecule has 0 saturated heterocycles. The molecule has 1 N–H and O–H groups in total. The number of carbonyl (C=O) groups excluding carboxylic acids is 2. The van der Waals surface area contributed by atoms with Crippen LogP contribution in [0.1, 0.15) is 58.4 Å². The Balaban J connectivity index is 1.92. The van der Waals surface area contributed by atoms with E-state index in [9.17, 15) is 9.59 Å². The zero-order chi connectivity index (χ0) is 22.9. The Morgan fingerprint density at radius 2 is 1.56 bits per heavy atom. The van der Waals surface area contributed by atoms with E-state index < -0.39 is 6.04 Å². The van der Waals surface area contributed by atoms with Crippen LogP contribution in [0.4, 0.5) is 0 Å². The summed E-state index contributed by atoms with van der Waals surface area (Å²) >= 11 is 0.0639. The van der Waals surface area contributed by atoms with Crippen LogP contribution in [0.3, 0.4) is 0 Å². The van der Waals surface area contributed by atoms with Crippen molar-refractivity contribution in [1.82, 2.24) is 10.2 Å². The third-order valence-electron chi connectivity index (χ3n) is 6.14. The van der Waals surface area contributed by atoms with Crippen LogP contribution in [-0.2, 0) is 16.1 Å². The second kappa shape index (κ2) is 12.2.